The molecule has 1 N–H and O–H groups in total. The molecule has 6 nitrogen and oxygen atoms in total. The van der Waals surface area contributed by atoms with Gasteiger partial charge in [0.2, 0.25) is 11.1 Å². The van der Waals surface area contributed by atoms with E-state index in [-0.39, 0.29) is 17.7 Å². The van der Waals surface area contributed by atoms with E-state index in [1.165, 1.54) is 11.8 Å². The molecule has 0 fully saturated rings. The van der Waals surface area contributed by atoms with Gasteiger partial charge in [0.15, 0.2) is 5.82 Å². The quantitative estimate of drug-likeness (QED) is 0.625. The predicted octanol–water partition coefficient (Wildman–Crippen LogP) is 4.01. The summed E-state index contributed by atoms with van der Waals surface area (Å²) in [7, 11) is 1.63. The summed E-state index contributed by atoms with van der Waals surface area (Å²) in [5.41, 5.74) is 1.81. The van der Waals surface area contributed by atoms with Gasteiger partial charge in [0.05, 0.1) is 12.9 Å². The second kappa shape index (κ2) is 8.73. The molecule has 7 heteroatoms. The van der Waals surface area contributed by atoms with Gasteiger partial charge in [-0.25, -0.2) is 4.98 Å². The summed E-state index contributed by atoms with van der Waals surface area (Å²) in [5.74, 6) is 1.74. The van der Waals surface area contributed by atoms with Crippen LogP contribution in [0.2, 0.25) is 0 Å². The molecule has 3 aromatic rings. The molecule has 0 atom stereocenters. The van der Waals surface area contributed by atoms with Gasteiger partial charge in [0.25, 0.3) is 0 Å². The lowest BCUT2D eigenvalue weighted by molar-refractivity contribution is -0.116. The van der Waals surface area contributed by atoms with Gasteiger partial charge >= 0.3 is 0 Å². The van der Waals surface area contributed by atoms with Crippen LogP contribution in [0, 0.1) is 0 Å². The molecule has 0 aliphatic carbocycles. The second-order valence-corrected chi connectivity index (χ2v) is 7.12. The Balaban J connectivity index is 1.65. The average molecular weight is 382 g/mol. The number of anilines is 1. The van der Waals surface area contributed by atoms with Crippen molar-refractivity contribution < 1.29 is 9.53 Å². The molecular formula is C20H22N4O2S. The van der Waals surface area contributed by atoms with Crippen LogP contribution in [0.25, 0.3) is 11.4 Å². The molecule has 0 unspecified atom stereocenters. The van der Waals surface area contributed by atoms with Gasteiger partial charge < -0.3 is 9.64 Å². The van der Waals surface area contributed by atoms with E-state index in [0.717, 1.165) is 17.0 Å². The third kappa shape index (κ3) is 4.68. The number of hydrogen-bond donors (Lipinski definition) is 1. The minimum atomic E-state index is 0.0250. The summed E-state index contributed by atoms with van der Waals surface area (Å²) in [5, 5.41) is 7.68. The second-order valence-electron chi connectivity index (χ2n) is 6.18. The lowest BCUT2D eigenvalue weighted by Gasteiger charge is -2.26. The van der Waals surface area contributed by atoms with Crippen molar-refractivity contribution in [2.24, 2.45) is 0 Å². The van der Waals surface area contributed by atoms with Crippen molar-refractivity contribution in [2.45, 2.75) is 25.0 Å². The Morgan fingerprint density at radius 1 is 1.15 bits per heavy atom. The van der Waals surface area contributed by atoms with E-state index < -0.39 is 0 Å². The van der Waals surface area contributed by atoms with E-state index in [1.807, 2.05) is 68.4 Å². The summed E-state index contributed by atoms with van der Waals surface area (Å²) < 4.78 is 5.16. The van der Waals surface area contributed by atoms with Gasteiger partial charge in [-0.15, -0.1) is 5.10 Å². The van der Waals surface area contributed by atoms with Crippen molar-refractivity contribution in [2.75, 3.05) is 17.8 Å². The monoisotopic (exact) mass is 382 g/mol. The van der Waals surface area contributed by atoms with Crippen LogP contribution in [0.4, 0.5) is 5.69 Å². The van der Waals surface area contributed by atoms with E-state index >= 15 is 0 Å². The highest BCUT2D eigenvalue weighted by atomic mass is 32.2. The molecule has 0 saturated heterocycles. The Kier molecular flexibility index (Phi) is 6.13. The smallest absolute Gasteiger partial charge is 0.237 e. The number of carbonyl (C=O) groups excluding carboxylic acids is 1. The van der Waals surface area contributed by atoms with Crippen molar-refractivity contribution >= 4 is 23.4 Å². The number of H-pyrrole nitrogens is 1. The number of benzene rings is 2. The number of carbonyl (C=O) groups is 1. The first kappa shape index (κ1) is 19.0. The molecule has 0 aliphatic heterocycles. The van der Waals surface area contributed by atoms with Gasteiger partial charge in [-0.1, -0.05) is 30.0 Å². The zero-order chi connectivity index (χ0) is 19.2. The number of ether oxygens (including phenoxy) is 1. The molecule has 1 amide bonds. The van der Waals surface area contributed by atoms with E-state index in [4.69, 9.17) is 4.74 Å². The fourth-order valence-electron chi connectivity index (χ4n) is 2.70. The minimum Gasteiger partial charge on any atom is -0.497 e. The van der Waals surface area contributed by atoms with Crippen molar-refractivity contribution in [3.8, 4) is 17.1 Å². The molecule has 1 aromatic heterocycles. The Morgan fingerprint density at radius 2 is 1.85 bits per heavy atom. The highest BCUT2D eigenvalue weighted by molar-refractivity contribution is 7.99. The zero-order valence-corrected chi connectivity index (χ0v) is 16.4. The third-order valence-corrected chi connectivity index (χ3v) is 4.80. The lowest BCUT2D eigenvalue weighted by Crippen LogP contribution is -2.38. The molecular weight excluding hydrogens is 360 g/mol. The summed E-state index contributed by atoms with van der Waals surface area (Å²) >= 11 is 1.32. The molecule has 3 rings (SSSR count). The number of nitrogens with zero attached hydrogens (tertiary/aromatic N) is 3. The van der Waals surface area contributed by atoms with Crippen LogP contribution in [-0.4, -0.2) is 40.0 Å². The van der Waals surface area contributed by atoms with Gasteiger partial charge in [-0.3, -0.25) is 9.89 Å². The molecule has 27 heavy (non-hydrogen) atoms. The molecule has 0 saturated carbocycles. The van der Waals surface area contributed by atoms with Gasteiger partial charge in [-0.05, 0) is 50.2 Å². The maximum atomic E-state index is 12.7. The number of nitrogens with one attached hydrogen (secondary N) is 1. The van der Waals surface area contributed by atoms with E-state index in [1.54, 1.807) is 12.0 Å². The third-order valence-electron chi connectivity index (χ3n) is 3.97. The number of methoxy groups -OCH3 is 1. The van der Waals surface area contributed by atoms with Crippen LogP contribution in [0.1, 0.15) is 13.8 Å². The van der Waals surface area contributed by atoms with Crippen LogP contribution in [0.5, 0.6) is 5.75 Å². The fraction of sp³-hybridized carbons (Fsp3) is 0.250. The molecule has 2 aromatic carbocycles. The van der Waals surface area contributed by atoms with Crippen molar-refractivity contribution in [1.29, 1.82) is 0 Å². The normalized spacial score (nSPS) is 10.8. The maximum Gasteiger partial charge on any atom is 0.237 e. The number of thioether (sulfide) groups is 1. The highest BCUT2D eigenvalue weighted by Crippen LogP contribution is 2.23. The summed E-state index contributed by atoms with van der Waals surface area (Å²) in [6.45, 7) is 4.01. The first-order chi connectivity index (χ1) is 13.1. The molecule has 140 valence electrons. The number of aromatic nitrogens is 3. The van der Waals surface area contributed by atoms with Crippen molar-refractivity contribution in [3.05, 3.63) is 54.6 Å². The first-order valence-corrected chi connectivity index (χ1v) is 9.64. The Labute approximate surface area is 163 Å². The Hall–Kier alpha value is -2.80. The number of para-hydroxylation sites is 1. The first-order valence-electron chi connectivity index (χ1n) is 8.65. The standard InChI is InChI=1S/C20H22N4O2S/c1-14(2)24(16-7-5-4-6-8-16)18(25)13-27-20-21-19(22-23-20)15-9-11-17(26-3)12-10-15/h4-12,14H,13H2,1-3H3,(H,21,22,23). The minimum absolute atomic E-state index is 0.0250. The Morgan fingerprint density at radius 3 is 2.48 bits per heavy atom. The van der Waals surface area contributed by atoms with E-state index in [2.05, 4.69) is 15.2 Å². The molecule has 0 spiro atoms. The van der Waals surface area contributed by atoms with Crippen LogP contribution in [0.15, 0.2) is 59.8 Å². The van der Waals surface area contributed by atoms with Gasteiger partial charge in [0, 0.05) is 17.3 Å². The maximum absolute atomic E-state index is 12.7. The number of aromatic amines is 1. The molecule has 0 bridgehead atoms. The number of rotatable bonds is 7. The van der Waals surface area contributed by atoms with Crippen LogP contribution >= 0.6 is 11.8 Å². The van der Waals surface area contributed by atoms with Crippen LogP contribution in [-0.2, 0) is 4.79 Å². The molecule has 0 radical (unpaired) electrons. The SMILES string of the molecule is COc1ccc(-c2nc(SCC(=O)N(c3ccccc3)C(C)C)n[nH]2)cc1. The summed E-state index contributed by atoms with van der Waals surface area (Å²) in [4.78, 5) is 19.0. The topological polar surface area (TPSA) is 71.1 Å². The highest BCUT2D eigenvalue weighted by Gasteiger charge is 2.19. The number of hydrogen-bond acceptors (Lipinski definition) is 5. The summed E-state index contributed by atoms with van der Waals surface area (Å²) in [6.07, 6.45) is 0. The number of amides is 1. The van der Waals surface area contributed by atoms with Gasteiger partial charge in [-0.2, -0.15) is 0 Å². The van der Waals surface area contributed by atoms with Crippen molar-refractivity contribution in [3.63, 3.8) is 0 Å². The predicted molar refractivity (Wildman–Crippen MR) is 108 cm³/mol. The lowest BCUT2D eigenvalue weighted by atomic mass is 10.2. The van der Waals surface area contributed by atoms with E-state index in [9.17, 15) is 4.79 Å². The molecule has 0 aliphatic rings. The molecule has 1 heterocycles. The zero-order valence-electron chi connectivity index (χ0n) is 15.5. The fourth-order valence-corrected chi connectivity index (χ4v) is 3.36. The van der Waals surface area contributed by atoms with Crippen LogP contribution < -0.4 is 9.64 Å². The van der Waals surface area contributed by atoms with Crippen LogP contribution in [0.3, 0.4) is 0 Å². The van der Waals surface area contributed by atoms with Gasteiger partial charge in [0.1, 0.15) is 5.75 Å². The largest absolute Gasteiger partial charge is 0.497 e. The average Bonchev–Trinajstić information content (AvgIpc) is 3.16. The van der Waals surface area contributed by atoms with Crippen molar-refractivity contribution in [1.82, 2.24) is 15.2 Å². The Bertz CT molecular complexity index is 879. The van der Waals surface area contributed by atoms with E-state index in [0.29, 0.717) is 11.0 Å². The summed E-state index contributed by atoms with van der Waals surface area (Å²) in [6, 6.07) is 17.3.